The first-order valence-corrected chi connectivity index (χ1v) is 7.09. The lowest BCUT2D eigenvalue weighted by atomic mass is 9.90. The maximum atomic E-state index is 10.5. The highest BCUT2D eigenvalue weighted by molar-refractivity contribution is 14.1. The van der Waals surface area contributed by atoms with Crippen LogP contribution in [-0.4, -0.2) is 5.11 Å². The monoisotopic (exact) mass is 344 g/mol. The van der Waals surface area contributed by atoms with Gasteiger partial charge in [-0.1, -0.05) is 12.1 Å². The maximum absolute atomic E-state index is 10.5. The number of rotatable bonds is 3. The molecule has 0 aliphatic rings. The van der Waals surface area contributed by atoms with E-state index in [0.29, 0.717) is 6.42 Å². The summed E-state index contributed by atoms with van der Waals surface area (Å²) in [6, 6.07) is 10.1. The van der Waals surface area contributed by atoms with Gasteiger partial charge in [0.15, 0.2) is 0 Å². The summed E-state index contributed by atoms with van der Waals surface area (Å²) in [5.41, 5.74) is 1.37. The van der Waals surface area contributed by atoms with Crippen molar-refractivity contribution < 1.29 is 5.11 Å². The van der Waals surface area contributed by atoms with Crippen molar-refractivity contribution in [1.29, 1.82) is 0 Å². The Morgan fingerprint density at radius 3 is 2.50 bits per heavy atom. The molecule has 0 bridgehead atoms. The zero-order valence-electron chi connectivity index (χ0n) is 8.98. The van der Waals surface area contributed by atoms with Crippen LogP contribution in [0.3, 0.4) is 0 Å². The second-order valence-electron chi connectivity index (χ2n) is 4.09. The van der Waals surface area contributed by atoms with Gasteiger partial charge in [0, 0.05) is 9.99 Å². The van der Waals surface area contributed by atoms with Crippen LogP contribution >= 0.6 is 33.9 Å². The van der Waals surface area contributed by atoms with Gasteiger partial charge in [0.1, 0.15) is 0 Å². The molecule has 0 aliphatic heterocycles. The summed E-state index contributed by atoms with van der Waals surface area (Å²) in [5.74, 6) is 0. The zero-order valence-corrected chi connectivity index (χ0v) is 12.0. The third-order valence-electron chi connectivity index (χ3n) is 2.59. The number of benzene rings is 1. The molecule has 1 heterocycles. The molecule has 0 saturated heterocycles. The molecule has 1 unspecified atom stereocenters. The number of hydrogen-bond acceptors (Lipinski definition) is 2. The molecule has 1 aromatic heterocycles. The van der Waals surface area contributed by atoms with Gasteiger partial charge in [0.2, 0.25) is 0 Å². The molecule has 3 heteroatoms. The van der Waals surface area contributed by atoms with E-state index < -0.39 is 5.60 Å². The molecule has 1 aromatic carbocycles. The molecule has 16 heavy (non-hydrogen) atoms. The van der Waals surface area contributed by atoms with Gasteiger partial charge in [-0.25, -0.2) is 0 Å². The van der Waals surface area contributed by atoms with Gasteiger partial charge in [-0.3, -0.25) is 0 Å². The lowest BCUT2D eigenvalue weighted by Gasteiger charge is -2.23. The van der Waals surface area contributed by atoms with Crippen molar-refractivity contribution in [1.82, 2.24) is 0 Å². The van der Waals surface area contributed by atoms with Gasteiger partial charge < -0.3 is 5.11 Å². The fourth-order valence-electron chi connectivity index (χ4n) is 1.70. The minimum absolute atomic E-state index is 0.664. The van der Waals surface area contributed by atoms with E-state index in [1.807, 2.05) is 36.6 Å². The fourth-order valence-corrected chi connectivity index (χ4v) is 2.73. The Balaban J connectivity index is 2.21. The Morgan fingerprint density at radius 2 is 1.94 bits per heavy atom. The van der Waals surface area contributed by atoms with Crippen LogP contribution < -0.4 is 0 Å². The maximum Gasteiger partial charge on any atom is 0.0909 e. The van der Waals surface area contributed by atoms with Gasteiger partial charge in [-0.05, 0) is 69.6 Å². The molecule has 0 amide bonds. The van der Waals surface area contributed by atoms with Gasteiger partial charge in [-0.2, -0.15) is 11.3 Å². The zero-order chi connectivity index (χ0) is 11.6. The molecule has 84 valence electrons. The molecule has 0 fully saturated rings. The van der Waals surface area contributed by atoms with E-state index in [-0.39, 0.29) is 0 Å². The number of halogens is 1. The van der Waals surface area contributed by atoms with Crippen LogP contribution in [-0.2, 0) is 12.0 Å². The molecule has 0 spiro atoms. The predicted octanol–water partition coefficient (Wildman–Crippen LogP) is 3.80. The first-order valence-electron chi connectivity index (χ1n) is 5.07. The third kappa shape index (κ3) is 2.84. The van der Waals surface area contributed by atoms with E-state index >= 15 is 0 Å². The molecule has 0 aliphatic carbocycles. The van der Waals surface area contributed by atoms with Crippen LogP contribution in [0.2, 0.25) is 0 Å². The highest BCUT2D eigenvalue weighted by Crippen LogP contribution is 2.26. The standard InChI is InChI=1S/C13H13IOS/c1-13(15,8-10-6-7-16-9-10)11-2-4-12(14)5-3-11/h2-7,9,15H,8H2,1H3. The SMILES string of the molecule is CC(O)(Cc1ccsc1)c1ccc(I)cc1. The third-order valence-corrected chi connectivity index (χ3v) is 4.05. The van der Waals surface area contributed by atoms with Crippen molar-refractivity contribution in [3.05, 3.63) is 55.8 Å². The van der Waals surface area contributed by atoms with Gasteiger partial charge >= 0.3 is 0 Å². The molecule has 2 aromatic rings. The first kappa shape index (κ1) is 12.1. The normalized spacial score (nSPS) is 14.7. The largest absolute Gasteiger partial charge is 0.385 e. The highest BCUT2D eigenvalue weighted by Gasteiger charge is 2.23. The highest BCUT2D eigenvalue weighted by atomic mass is 127. The quantitative estimate of drug-likeness (QED) is 0.840. The van der Waals surface area contributed by atoms with Crippen molar-refractivity contribution in [2.45, 2.75) is 18.9 Å². The van der Waals surface area contributed by atoms with Crippen LogP contribution in [0, 0.1) is 3.57 Å². The van der Waals surface area contributed by atoms with E-state index in [1.165, 1.54) is 9.13 Å². The van der Waals surface area contributed by atoms with E-state index in [9.17, 15) is 5.11 Å². The number of aliphatic hydroxyl groups is 1. The Labute approximate surface area is 113 Å². The molecule has 0 radical (unpaired) electrons. The van der Waals surface area contributed by atoms with E-state index in [4.69, 9.17) is 0 Å². The van der Waals surface area contributed by atoms with Crippen LogP contribution in [0.15, 0.2) is 41.1 Å². The molecule has 1 N–H and O–H groups in total. The second kappa shape index (κ2) is 4.85. The molecule has 0 saturated carbocycles. The minimum Gasteiger partial charge on any atom is -0.385 e. The predicted molar refractivity (Wildman–Crippen MR) is 76.8 cm³/mol. The minimum atomic E-state index is -0.786. The average Bonchev–Trinajstić information content (AvgIpc) is 2.70. The van der Waals surface area contributed by atoms with Crippen molar-refractivity contribution >= 4 is 33.9 Å². The summed E-state index contributed by atoms with van der Waals surface area (Å²) in [7, 11) is 0. The smallest absolute Gasteiger partial charge is 0.0909 e. The Hall–Kier alpha value is -0.390. The number of hydrogen-bond donors (Lipinski definition) is 1. The van der Waals surface area contributed by atoms with Crippen molar-refractivity contribution in [3.8, 4) is 0 Å². The number of thiophene rings is 1. The summed E-state index contributed by atoms with van der Waals surface area (Å²) in [6.45, 7) is 1.87. The summed E-state index contributed by atoms with van der Waals surface area (Å²) in [4.78, 5) is 0. The Bertz CT molecular complexity index is 445. The van der Waals surface area contributed by atoms with Crippen molar-refractivity contribution in [2.75, 3.05) is 0 Å². The molecular formula is C13H13IOS. The lowest BCUT2D eigenvalue weighted by Crippen LogP contribution is -2.23. The van der Waals surface area contributed by atoms with Crippen LogP contribution in [0.4, 0.5) is 0 Å². The molecule has 2 rings (SSSR count). The second-order valence-corrected chi connectivity index (χ2v) is 6.11. The van der Waals surface area contributed by atoms with Crippen molar-refractivity contribution in [3.63, 3.8) is 0 Å². The van der Waals surface area contributed by atoms with E-state index in [0.717, 1.165) is 5.56 Å². The van der Waals surface area contributed by atoms with Gasteiger partial charge in [-0.15, -0.1) is 0 Å². The lowest BCUT2D eigenvalue weighted by molar-refractivity contribution is 0.0577. The van der Waals surface area contributed by atoms with E-state index in [1.54, 1.807) is 11.3 Å². The fraction of sp³-hybridized carbons (Fsp3) is 0.231. The van der Waals surface area contributed by atoms with E-state index in [2.05, 4.69) is 34.0 Å². The summed E-state index contributed by atoms with van der Waals surface area (Å²) < 4.78 is 1.19. The molecule has 1 nitrogen and oxygen atoms in total. The van der Waals surface area contributed by atoms with Crippen LogP contribution in [0.5, 0.6) is 0 Å². The molecular weight excluding hydrogens is 331 g/mol. The van der Waals surface area contributed by atoms with Crippen molar-refractivity contribution in [2.24, 2.45) is 0 Å². The first-order chi connectivity index (χ1) is 7.58. The summed E-state index contributed by atoms with van der Waals surface area (Å²) in [5, 5.41) is 14.6. The average molecular weight is 344 g/mol. The summed E-state index contributed by atoms with van der Waals surface area (Å²) in [6.07, 6.45) is 0.664. The van der Waals surface area contributed by atoms with Gasteiger partial charge in [0.05, 0.1) is 5.60 Å². The van der Waals surface area contributed by atoms with Crippen LogP contribution in [0.1, 0.15) is 18.1 Å². The topological polar surface area (TPSA) is 20.2 Å². The van der Waals surface area contributed by atoms with Gasteiger partial charge in [0.25, 0.3) is 0 Å². The Morgan fingerprint density at radius 1 is 1.25 bits per heavy atom. The Kier molecular flexibility index (Phi) is 3.66. The van der Waals surface area contributed by atoms with Crippen LogP contribution in [0.25, 0.3) is 0 Å². The molecule has 1 atom stereocenters. The summed E-state index contributed by atoms with van der Waals surface area (Å²) >= 11 is 3.93.